The molecule has 1 aliphatic heterocycles. The molecule has 2 aliphatic rings. The first-order chi connectivity index (χ1) is 8.33. The van der Waals surface area contributed by atoms with Crippen molar-refractivity contribution in [1.82, 2.24) is 4.90 Å². The highest BCUT2D eigenvalue weighted by molar-refractivity contribution is 5.21. The summed E-state index contributed by atoms with van der Waals surface area (Å²) in [5.74, 6) is 1.26. The maximum Gasteiger partial charge on any atom is 0.0691 e. The zero-order chi connectivity index (χ0) is 13.6. The van der Waals surface area contributed by atoms with Crippen molar-refractivity contribution in [2.75, 3.05) is 26.2 Å². The second-order valence-corrected chi connectivity index (χ2v) is 7.17. The first kappa shape index (κ1) is 14.3. The van der Waals surface area contributed by atoms with Crippen LogP contribution < -0.4 is 5.73 Å². The predicted octanol–water partition coefficient (Wildman–Crippen LogP) is 2.11. The summed E-state index contributed by atoms with van der Waals surface area (Å²) < 4.78 is 5.86. The second-order valence-electron chi connectivity index (χ2n) is 7.17. The molecule has 18 heavy (non-hydrogen) atoms. The Bertz CT molecular complexity index is 303. The lowest BCUT2D eigenvalue weighted by Crippen LogP contribution is -2.78. The molecule has 0 bridgehead atoms. The van der Waals surface area contributed by atoms with Crippen LogP contribution in [0, 0.1) is 17.3 Å². The number of likely N-dealkylation sites (N-methyl/N-ethyl adjacent to an activating group) is 1. The topological polar surface area (TPSA) is 38.5 Å². The highest BCUT2D eigenvalue weighted by Gasteiger charge is 2.67. The summed E-state index contributed by atoms with van der Waals surface area (Å²) in [7, 11) is 0. The van der Waals surface area contributed by atoms with E-state index in [-0.39, 0.29) is 11.0 Å². The average molecular weight is 254 g/mol. The fourth-order valence-corrected chi connectivity index (χ4v) is 3.99. The Morgan fingerprint density at radius 2 is 2.06 bits per heavy atom. The van der Waals surface area contributed by atoms with Crippen LogP contribution in [0.5, 0.6) is 0 Å². The van der Waals surface area contributed by atoms with Crippen LogP contribution in [0.2, 0.25) is 0 Å². The fraction of sp³-hybridized carbons (Fsp3) is 1.00. The van der Waals surface area contributed by atoms with E-state index in [1.165, 1.54) is 0 Å². The van der Waals surface area contributed by atoms with Crippen molar-refractivity contribution in [3.8, 4) is 0 Å². The van der Waals surface area contributed by atoms with Gasteiger partial charge < -0.3 is 15.4 Å². The van der Waals surface area contributed by atoms with Gasteiger partial charge in [-0.3, -0.25) is 0 Å². The van der Waals surface area contributed by atoms with Gasteiger partial charge in [-0.25, -0.2) is 0 Å². The summed E-state index contributed by atoms with van der Waals surface area (Å²) in [5, 5.41) is 0. The third kappa shape index (κ3) is 2.00. The molecular weight excluding hydrogens is 224 g/mol. The van der Waals surface area contributed by atoms with Crippen LogP contribution in [0.4, 0.5) is 0 Å². The highest BCUT2D eigenvalue weighted by Crippen LogP contribution is 2.58. The Kier molecular flexibility index (Phi) is 3.79. The molecule has 3 nitrogen and oxygen atoms in total. The normalized spacial score (nSPS) is 38.0. The van der Waals surface area contributed by atoms with Crippen molar-refractivity contribution in [3.63, 3.8) is 0 Å². The number of hydrogen-bond acceptors (Lipinski definition) is 3. The molecule has 1 aliphatic carbocycles. The third-order valence-electron chi connectivity index (χ3n) is 5.22. The Morgan fingerprint density at radius 1 is 1.39 bits per heavy atom. The van der Waals surface area contributed by atoms with Gasteiger partial charge in [0, 0.05) is 36.6 Å². The predicted molar refractivity (Wildman–Crippen MR) is 75.5 cm³/mol. The van der Waals surface area contributed by atoms with Crippen molar-refractivity contribution in [3.05, 3.63) is 0 Å². The SMILES string of the molecule is CCN(CC(C)C)CC1(N)C2CCOC2C1(C)C. The molecule has 0 aromatic rings. The van der Waals surface area contributed by atoms with E-state index in [9.17, 15) is 0 Å². The summed E-state index contributed by atoms with van der Waals surface area (Å²) in [5.41, 5.74) is 6.84. The lowest BCUT2D eigenvalue weighted by Gasteiger charge is -2.63. The molecule has 1 saturated carbocycles. The molecule has 2 fully saturated rings. The number of ether oxygens (including phenoxy) is 1. The van der Waals surface area contributed by atoms with Gasteiger partial charge in [0.15, 0.2) is 0 Å². The molecule has 1 saturated heterocycles. The molecule has 0 radical (unpaired) electrons. The minimum absolute atomic E-state index is 0.0704. The summed E-state index contributed by atoms with van der Waals surface area (Å²) in [6.45, 7) is 15.5. The van der Waals surface area contributed by atoms with Gasteiger partial charge in [-0.2, -0.15) is 0 Å². The third-order valence-corrected chi connectivity index (χ3v) is 5.22. The van der Waals surface area contributed by atoms with Crippen LogP contribution >= 0.6 is 0 Å². The number of rotatable bonds is 5. The van der Waals surface area contributed by atoms with E-state index in [0.717, 1.165) is 32.7 Å². The molecule has 0 aromatic heterocycles. The Hall–Kier alpha value is -0.120. The van der Waals surface area contributed by atoms with Gasteiger partial charge in [0.2, 0.25) is 0 Å². The van der Waals surface area contributed by atoms with Crippen molar-refractivity contribution in [2.24, 2.45) is 23.0 Å². The van der Waals surface area contributed by atoms with Crippen LogP contribution in [0.15, 0.2) is 0 Å². The molecular formula is C15H30N2O. The number of hydrogen-bond donors (Lipinski definition) is 1. The summed E-state index contributed by atoms with van der Waals surface area (Å²) in [6, 6.07) is 0. The van der Waals surface area contributed by atoms with Gasteiger partial charge in [0.25, 0.3) is 0 Å². The molecule has 2 rings (SSSR count). The first-order valence-electron chi connectivity index (χ1n) is 7.45. The molecule has 3 heteroatoms. The standard InChI is InChI=1S/C15H30N2O/c1-6-17(9-11(2)3)10-15(16)12-7-8-18-13(12)14(15,4)5/h11-13H,6-10,16H2,1-5H3. The molecule has 3 unspecified atom stereocenters. The van der Waals surface area contributed by atoms with E-state index in [2.05, 4.69) is 39.5 Å². The van der Waals surface area contributed by atoms with E-state index >= 15 is 0 Å². The van der Waals surface area contributed by atoms with Crippen molar-refractivity contribution in [1.29, 1.82) is 0 Å². The molecule has 106 valence electrons. The number of nitrogens with two attached hydrogens (primary N) is 1. The minimum Gasteiger partial charge on any atom is -0.377 e. The monoisotopic (exact) mass is 254 g/mol. The average Bonchev–Trinajstić information content (AvgIpc) is 2.75. The van der Waals surface area contributed by atoms with Gasteiger partial charge >= 0.3 is 0 Å². The van der Waals surface area contributed by atoms with Gasteiger partial charge in [0.05, 0.1) is 6.10 Å². The van der Waals surface area contributed by atoms with E-state index in [0.29, 0.717) is 17.9 Å². The molecule has 2 N–H and O–H groups in total. The van der Waals surface area contributed by atoms with E-state index in [4.69, 9.17) is 10.5 Å². The van der Waals surface area contributed by atoms with Crippen LogP contribution in [0.1, 0.15) is 41.0 Å². The molecule has 1 heterocycles. The van der Waals surface area contributed by atoms with E-state index < -0.39 is 0 Å². The van der Waals surface area contributed by atoms with Gasteiger partial charge in [-0.05, 0) is 18.9 Å². The fourth-order valence-electron chi connectivity index (χ4n) is 3.99. The molecule has 0 aromatic carbocycles. The number of nitrogens with zero attached hydrogens (tertiary/aromatic N) is 1. The molecule has 0 spiro atoms. The summed E-state index contributed by atoms with van der Waals surface area (Å²) >= 11 is 0. The lowest BCUT2D eigenvalue weighted by molar-refractivity contribution is -0.163. The largest absolute Gasteiger partial charge is 0.377 e. The Morgan fingerprint density at radius 3 is 2.61 bits per heavy atom. The maximum absolute atomic E-state index is 6.80. The van der Waals surface area contributed by atoms with Gasteiger partial charge in [-0.15, -0.1) is 0 Å². The van der Waals surface area contributed by atoms with Crippen LogP contribution in [-0.2, 0) is 4.74 Å². The van der Waals surface area contributed by atoms with Crippen LogP contribution in [0.25, 0.3) is 0 Å². The van der Waals surface area contributed by atoms with Crippen LogP contribution in [-0.4, -0.2) is 42.8 Å². The zero-order valence-corrected chi connectivity index (χ0v) is 12.7. The zero-order valence-electron chi connectivity index (χ0n) is 12.7. The van der Waals surface area contributed by atoms with E-state index in [1.54, 1.807) is 0 Å². The first-order valence-corrected chi connectivity index (χ1v) is 7.45. The van der Waals surface area contributed by atoms with Crippen molar-refractivity contribution in [2.45, 2.75) is 52.7 Å². The van der Waals surface area contributed by atoms with E-state index in [1.807, 2.05) is 0 Å². The Labute approximate surface area is 112 Å². The lowest BCUT2D eigenvalue weighted by atomic mass is 9.48. The van der Waals surface area contributed by atoms with Crippen LogP contribution in [0.3, 0.4) is 0 Å². The smallest absolute Gasteiger partial charge is 0.0691 e. The maximum atomic E-state index is 6.80. The minimum atomic E-state index is -0.0704. The highest BCUT2D eigenvalue weighted by atomic mass is 16.5. The summed E-state index contributed by atoms with van der Waals surface area (Å²) in [4.78, 5) is 2.51. The number of fused-ring (bicyclic) bond motifs is 1. The summed E-state index contributed by atoms with van der Waals surface area (Å²) in [6.07, 6.45) is 1.53. The van der Waals surface area contributed by atoms with Gasteiger partial charge in [0.1, 0.15) is 0 Å². The Balaban J connectivity index is 2.06. The quantitative estimate of drug-likeness (QED) is 0.816. The van der Waals surface area contributed by atoms with Crippen molar-refractivity contribution < 1.29 is 4.74 Å². The molecule has 0 amide bonds. The molecule has 3 atom stereocenters. The van der Waals surface area contributed by atoms with Crippen molar-refractivity contribution >= 4 is 0 Å². The second kappa shape index (κ2) is 4.77. The van der Waals surface area contributed by atoms with Gasteiger partial charge in [-0.1, -0.05) is 34.6 Å².